The maximum atomic E-state index is 5.79. The summed E-state index contributed by atoms with van der Waals surface area (Å²) >= 11 is 1.62. The lowest BCUT2D eigenvalue weighted by atomic mass is 10.4. The summed E-state index contributed by atoms with van der Waals surface area (Å²) in [6.07, 6.45) is 0.986. The molecule has 0 unspecified atom stereocenters. The number of thioether (sulfide) groups is 1. The quantitative estimate of drug-likeness (QED) is 0.594. The molecule has 0 aliphatic carbocycles. The lowest BCUT2D eigenvalue weighted by Gasteiger charge is -2.06. The van der Waals surface area contributed by atoms with Crippen LogP contribution in [-0.4, -0.2) is 31.6 Å². The summed E-state index contributed by atoms with van der Waals surface area (Å²) in [7, 11) is 3.29. The predicted octanol–water partition coefficient (Wildman–Crippen LogP) is 1.80. The Morgan fingerprint density at radius 1 is 1.40 bits per heavy atom. The summed E-state index contributed by atoms with van der Waals surface area (Å²) < 4.78 is 10.00. The molecule has 2 N–H and O–H groups in total. The smallest absolute Gasteiger partial charge is 0.214 e. The van der Waals surface area contributed by atoms with Gasteiger partial charge in [0, 0.05) is 25.5 Å². The first-order chi connectivity index (χ1) is 7.27. The van der Waals surface area contributed by atoms with Gasteiger partial charge in [-0.05, 0) is 12.5 Å². The molecule has 1 rings (SSSR count). The van der Waals surface area contributed by atoms with E-state index in [9.17, 15) is 0 Å². The van der Waals surface area contributed by atoms with Gasteiger partial charge in [0.15, 0.2) is 0 Å². The predicted molar refractivity (Wildman–Crippen MR) is 62.4 cm³/mol. The number of rotatable bonds is 6. The van der Waals surface area contributed by atoms with Gasteiger partial charge in [-0.3, -0.25) is 0 Å². The third-order valence-electron chi connectivity index (χ3n) is 1.80. The molecule has 84 valence electrons. The van der Waals surface area contributed by atoms with E-state index in [0.717, 1.165) is 23.8 Å². The highest BCUT2D eigenvalue weighted by molar-refractivity contribution is 7.99. The molecular formula is C10H16N2O2S. The summed E-state index contributed by atoms with van der Waals surface area (Å²) in [6, 6.07) is 3.57. The SMILES string of the molecule is COCCCSc1nc(OC)ccc1N. The zero-order chi connectivity index (χ0) is 11.1. The molecule has 0 aliphatic rings. The molecule has 0 atom stereocenters. The Morgan fingerprint density at radius 3 is 2.87 bits per heavy atom. The molecule has 0 spiro atoms. The molecule has 0 fully saturated rings. The molecule has 15 heavy (non-hydrogen) atoms. The second kappa shape index (κ2) is 6.53. The minimum absolute atomic E-state index is 0.596. The van der Waals surface area contributed by atoms with Gasteiger partial charge in [-0.2, -0.15) is 0 Å². The molecule has 1 aromatic heterocycles. The van der Waals surface area contributed by atoms with Crippen molar-refractivity contribution in [2.45, 2.75) is 11.4 Å². The van der Waals surface area contributed by atoms with Crippen molar-refractivity contribution in [3.8, 4) is 5.88 Å². The number of nitrogen functional groups attached to an aromatic ring is 1. The van der Waals surface area contributed by atoms with Crippen LogP contribution in [0.15, 0.2) is 17.2 Å². The highest BCUT2D eigenvalue weighted by atomic mass is 32.2. The zero-order valence-corrected chi connectivity index (χ0v) is 9.84. The fraction of sp³-hybridized carbons (Fsp3) is 0.500. The van der Waals surface area contributed by atoms with E-state index in [1.807, 2.05) is 6.07 Å². The Balaban J connectivity index is 2.51. The lowest BCUT2D eigenvalue weighted by Crippen LogP contribution is -1.96. The largest absolute Gasteiger partial charge is 0.481 e. The van der Waals surface area contributed by atoms with Crippen molar-refractivity contribution in [2.75, 3.05) is 32.3 Å². The first-order valence-corrected chi connectivity index (χ1v) is 5.68. The van der Waals surface area contributed by atoms with Crippen LogP contribution in [0, 0.1) is 0 Å². The summed E-state index contributed by atoms with van der Waals surface area (Å²) in [5, 5.41) is 0.824. The number of nitrogens with two attached hydrogens (primary N) is 1. The van der Waals surface area contributed by atoms with Crippen LogP contribution in [0.3, 0.4) is 0 Å². The van der Waals surface area contributed by atoms with Crippen LogP contribution in [0.5, 0.6) is 5.88 Å². The van der Waals surface area contributed by atoms with E-state index in [2.05, 4.69) is 4.98 Å². The Morgan fingerprint density at radius 2 is 2.20 bits per heavy atom. The van der Waals surface area contributed by atoms with E-state index >= 15 is 0 Å². The van der Waals surface area contributed by atoms with E-state index in [-0.39, 0.29) is 0 Å². The fourth-order valence-corrected chi connectivity index (χ4v) is 1.88. The number of hydrogen-bond acceptors (Lipinski definition) is 5. The van der Waals surface area contributed by atoms with Crippen LogP contribution in [0.25, 0.3) is 0 Å². The minimum atomic E-state index is 0.596. The average Bonchev–Trinajstić information content (AvgIpc) is 2.26. The molecule has 0 bridgehead atoms. The second-order valence-corrected chi connectivity index (χ2v) is 4.03. The molecule has 0 radical (unpaired) electrons. The summed E-state index contributed by atoms with van der Waals surface area (Å²) in [5.41, 5.74) is 6.48. The van der Waals surface area contributed by atoms with Gasteiger partial charge in [0.1, 0.15) is 5.03 Å². The van der Waals surface area contributed by atoms with Crippen molar-refractivity contribution in [1.82, 2.24) is 4.98 Å². The summed E-state index contributed by atoms with van der Waals surface area (Å²) in [5.74, 6) is 1.54. The molecular weight excluding hydrogens is 212 g/mol. The Hall–Kier alpha value is -0.940. The summed E-state index contributed by atoms with van der Waals surface area (Å²) in [6.45, 7) is 0.761. The number of anilines is 1. The molecule has 1 heterocycles. The Bertz CT molecular complexity index is 307. The monoisotopic (exact) mass is 228 g/mol. The molecule has 0 saturated carbocycles. The van der Waals surface area contributed by atoms with Crippen molar-refractivity contribution in [3.05, 3.63) is 12.1 Å². The fourth-order valence-electron chi connectivity index (χ4n) is 1.04. The van der Waals surface area contributed by atoms with Gasteiger partial charge < -0.3 is 15.2 Å². The molecule has 0 saturated heterocycles. The van der Waals surface area contributed by atoms with Gasteiger partial charge in [-0.15, -0.1) is 11.8 Å². The Kier molecular flexibility index (Phi) is 5.28. The van der Waals surface area contributed by atoms with Crippen LogP contribution in [0.2, 0.25) is 0 Å². The molecule has 0 aliphatic heterocycles. The number of hydrogen-bond donors (Lipinski definition) is 1. The lowest BCUT2D eigenvalue weighted by molar-refractivity contribution is 0.200. The third-order valence-corrected chi connectivity index (χ3v) is 2.90. The minimum Gasteiger partial charge on any atom is -0.481 e. The highest BCUT2D eigenvalue weighted by Gasteiger charge is 2.03. The number of aromatic nitrogens is 1. The van der Waals surface area contributed by atoms with E-state index in [0.29, 0.717) is 11.6 Å². The van der Waals surface area contributed by atoms with Gasteiger partial charge in [-0.1, -0.05) is 0 Å². The maximum absolute atomic E-state index is 5.79. The number of methoxy groups -OCH3 is 2. The first kappa shape index (κ1) is 12.1. The van der Waals surface area contributed by atoms with Crippen LogP contribution >= 0.6 is 11.8 Å². The third kappa shape index (κ3) is 3.97. The normalized spacial score (nSPS) is 10.3. The van der Waals surface area contributed by atoms with Crippen molar-refractivity contribution < 1.29 is 9.47 Å². The van der Waals surface area contributed by atoms with Crippen LogP contribution in [0.1, 0.15) is 6.42 Å². The van der Waals surface area contributed by atoms with Crippen LogP contribution in [0.4, 0.5) is 5.69 Å². The Labute approximate surface area is 94.2 Å². The molecule has 0 aromatic carbocycles. The van der Waals surface area contributed by atoms with E-state index in [1.165, 1.54) is 0 Å². The van der Waals surface area contributed by atoms with Crippen LogP contribution < -0.4 is 10.5 Å². The van der Waals surface area contributed by atoms with Crippen molar-refractivity contribution in [1.29, 1.82) is 0 Å². The summed E-state index contributed by atoms with van der Waals surface area (Å²) in [4.78, 5) is 4.26. The highest BCUT2D eigenvalue weighted by Crippen LogP contribution is 2.25. The number of nitrogens with zero attached hydrogens (tertiary/aromatic N) is 1. The molecule has 4 nitrogen and oxygen atoms in total. The average molecular weight is 228 g/mol. The molecule has 5 heteroatoms. The van der Waals surface area contributed by atoms with Crippen LogP contribution in [-0.2, 0) is 4.74 Å². The van der Waals surface area contributed by atoms with Gasteiger partial charge in [0.25, 0.3) is 0 Å². The van der Waals surface area contributed by atoms with Crippen molar-refractivity contribution in [2.24, 2.45) is 0 Å². The van der Waals surface area contributed by atoms with E-state index < -0.39 is 0 Å². The zero-order valence-electron chi connectivity index (χ0n) is 9.03. The first-order valence-electron chi connectivity index (χ1n) is 4.70. The van der Waals surface area contributed by atoms with Gasteiger partial charge >= 0.3 is 0 Å². The molecule has 1 aromatic rings. The van der Waals surface area contributed by atoms with Gasteiger partial charge in [-0.25, -0.2) is 4.98 Å². The number of pyridine rings is 1. The molecule has 0 amide bonds. The second-order valence-electron chi connectivity index (χ2n) is 2.94. The van der Waals surface area contributed by atoms with Crippen molar-refractivity contribution >= 4 is 17.4 Å². The van der Waals surface area contributed by atoms with Gasteiger partial charge in [0.2, 0.25) is 5.88 Å². The topological polar surface area (TPSA) is 57.4 Å². The maximum Gasteiger partial charge on any atom is 0.214 e. The standard InChI is InChI=1S/C10H16N2O2S/c1-13-6-3-7-15-10-8(11)4-5-9(12-10)14-2/h4-5H,3,6-7,11H2,1-2H3. The van der Waals surface area contributed by atoms with Crippen molar-refractivity contribution in [3.63, 3.8) is 0 Å². The van der Waals surface area contributed by atoms with Gasteiger partial charge in [0.05, 0.1) is 12.8 Å². The number of ether oxygens (including phenoxy) is 2. The van der Waals surface area contributed by atoms with E-state index in [4.69, 9.17) is 15.2 Å². The van der Waals surface area contributed by atoms with E-state index in [1.54, 1.807) is 32.0 Å².